The average Bonchev–Trinajstić information content (AvgIpc) is 3.02. The van der Waals surface area contributed by atoms with E-state index in [2.05, 4.69) is 10.5 Å². The van der Waals surface area contributed by atoms with Crippen molar-refractivity contribution in [3.63, 3.8) is 0 Å². The number of hydrogen-bond donors (Lipinski definition) is 2. The number of likely N-dealkylation sites (N-methyl/N-ethyl adjacent to an activating group) is 1. The lowest BCUT2D eigenvalue weighted by Gasteiger charge is -2.15. The third kappa shape index (κ3) is 7.36. The minimum absolute atomic E-state index is 0. The van der Waals surface area contributed by atoms with Crippen LogP contribution in [0.2, 0.25) is 0 Å². The molecule has 0 unspecified atom stereocenters. The third-order valence-electron chi connectivity index (χ3n) is 3.44. The van der Waals surface area contributed by atoms with Crippen molar-refractivity contribution in [2.45, 2.75) is 12.8 Å². The normalized spacial score (nSPS) is 10.3. The number of benzene rings is 1. The molecule has 0 bridgehead atoms. The molecule has 0 saturated heterocycles. The van der Waals surface area contributed by atoms with Gasteiger partial charge in [0, 0.05) is 18.1 Å². The molecule has 1 aromatic heterocycles. The minimum Gasteiger partial charge on any atom is -0.480 e. The Labute approximate surface area is 152 Å². The van der Waals surface area contributed by atoms with Gasteiger partial charge in [0.05, 0.1) is 6.54 Å². The Morgan fingerprint density at radius 2 is 2.00 bits per heavy atom. The molecular formula is C17H22ClN3O4. The van der Waals surface area contributed by atoms with Crippen LogP contribution in [0.5, 0.6) is 0 Å². The van der Waals surface area contributed by atoms with Crippen LogP contribution in [0.25, 0.3) is 11.3 Å². The first-order valence-electron chi connectivity index (χ1n) is 7.72. The largest absolute Gasteiger partial charge is 0.480 e. The first kappa shape index (κ1) is 20.7. The van der Waals surface area contributed by atoms with Crippen molar-refractivity contribution >= 4 is 24.3 Å². The summed E-state index contributed by atoms with van der Waals surface area (Å²) < 4.78 is 5.33. The van der Waals surface area contributed by atoms with E-state index in [1.165, 1.54) is 0 Å². The molecule has 0 aliphatic carbocycles. The number of carbonyl (C=O) groups is 2. The van der Waals surface area contributed by atoms with Gasteiger partial charge in [-0.1, -0.05) is 35.5 Å². The van der Waals surface area contributed by atoms with Crippen LogP contribution >= 0.6 is 12.4 Å². The van der Waals surface area contributed by atoms with Crippen LogP contribution < -0.4 is 5.32 Å². The molecule has 25 heavy (non-hydrogen) atoms. The molecule has 0 aliphatic heterocycles. The van der Waals surface area contributed by atoms with Gasteiger partial charge in [0.2, 0.25) is 5.91 Å². The second-order valence-electron chi connectivity index (χ2n) is 5.56. The van der Waals surface area contributed by atoms with Gasteiger partial charge in [0.1, 0.15) is 18.0 Å². The van der Waals surface area contributed by atoms with Gasteiger partial charge in [-0.15, -0.1) is 12.4 Å². The smallest absolute Gasteiger partial charge is 0.322 e. The summed E-state index contributed by atoms with van der Waals surface area (Å²) in [5, 5.41) is 14.9. The molecule has 0 aliphatic rings. The van der Waals surface area contributed by atoms with Crippen molar-refractivity contribution in [1.29, 1.82) is 0 Å². The molecule has 0 saturated carbocycles. The van der Waals surface area contributed by atoms with E-state index >= 15 is 0 Å². The van der Waals surface area contributed by atoms with Crippen LogP contribution in [-0.4, -0.2) is 53.7 Å². The molecule has 2 rings (SSSR count). The molecule has 7 nitrogen and oxygen atoms in total. The number of amides is 1. The Balaban J connectivity index is 0.00000312. The average molecular weight is 368 g/mol. The van der Waals surface area contributed by atoms with Gasteiger partial charge in [0.15, 0.2) is 0 Å². The molecule has 0 radical (unpaired) electrons. The number of nitrogens with zero attached hydrogens (tertiary/aromatic N) is 2. The third-order valence-corrected chi connectivity index (χ3v) is 3.44. The molecule has 1 heterocycles. The SMILES string of the molecule is CN(CCCc1cc(-c2ccccc2)no1)CC(=O)NCC(=O)O.Cl. The minimum atomic E-state index is -1.05. The summed E-state index contributed by atoms with van der Waals surface area (Å²) in [6.07, 6.45) is 1.53. The number of halogens is 1. The van der Waals surface area contributed by atoms with E-state index < -0.39 is 5.97 Å². The predicted octanol–water partition coefficient (Wildman–Crippen LogP) is 1.83. The summed E-state index contributed by atoms with van der Waals surface area (Å²) in [6.45, 7) is 0.508. The summed E-state index contributed by atoms with van der Waals surface area (Å²) in [6, 6.07) is 11.7. The van der Waals surface area contributed by atoms with Gasteiger partial charge in [-0.05, 0) is 20.0 Å². The van der Waals surface area contributed by atoms with E-state index in [0.29, 0.717) is 6.54 Å². The van der Waals surface area contributed by atoms with Crippen molar-refractivity contribution in [3.8, 4) is 11.3 Å². The number of hydrogen-bond acceptors (Lipinski definition) is 5. The highest BCUT2D eigenvalue weighted by Crippen LogP contribution is 2.19. The Morgan fingerprint density at radius 1 is 1.28 bits per heavy atom. The maximum atomic E-state index is 11.5. The second kappa shape index (κ2) is 10.5. The number of aliphatic carboxylic acids is 1. The number of nitrogens with one attached hydrogen (secondary N) is 1. The van der Waals surface area contributed by atoms with Crippen molar-refractivity contribution in [3.05, 3.63) is 42.2 Å². The van der Waals surface area contributed by atoms with Gasteiger partial charge in [-0.25, -0.2) is 0 Å². The number of carbonyl (C=O) groups excluding carboxylic acids is 1. The van der Waals surface area contributed by atoms with E-state index in [4.69, 9.17) is 9.63 Å². The highest BCUT2D eigenvalue weighted by Gasteiger charge is 2.09. The number of aryl methyl sites for hydroxylation is 1. The van der Waals surface area contributed by atoms with Gasteiger partial charge in [0.25, 0.3) is 0 Å². The molecular weight excluding hydrogens is 346 g/mol. The Kier molecular flexibility index (Phi) is 8.66. The quantitative estimate of drug-likeness (QED) is 0.702. The van der Waals surface area contributed by atoms with Gasteiger partial charge in [-0.2, -0.15) is 0 Å². The zero-order valence-electron chi connectivity index (χ0n) is 14.0. The maximum absolute atomic E-state index is 11.5. The van der Waals surface area contributed by atoms with Crippen LogP contribution in [0, 0.1) is 0 Å². The van der Waals surface area contributed by atoms with Crippen molar-refractivity contribution < 1.29 is 19.2 Å². The Morgan fingerprint density at radius 3 is 2.68 bits per heavy atom. The zero-order valence-corrected chi connectivity index (χ0v) is 14.8. The molecule has 136 valence electrons. The van der Waals surface area contributed by atoms with E-state index in [1.54, 1.807) is 0 Å². The fourth-order valence-corrected chi connectivity index (χ4v) is 2.25. The molecule has 0 fully saturated rings. The standard InChI is InChI=1S/C17H21N3O4.ClH/c1-20(12-16(21)18-11-17(22)23)9-5-8-14-10-15(19-24-14)13-6-3-2-4-7-13;/h2-4,6-7,10H,5,8-9,11-12H2,1H3,(H,18,21)(H,22,23);1H. The summed E-state index contributed by atoms with van der Waals surface area (Å²) in [5.74, 6) is -0.547. The fourth-order valence-electron chi connectivity index (χ4n) is 2.25. The van der Waals surface area contributed by atoms with E-state index in [9.17, 15) is 9.59 Å². The molecule has 0 spiro atoms. The Bertz CT molecular complexity index is 676. The lowest BCUT2D eigenvalue weighted by atomic mass is 10.1. The first-order valence-corrected chi connectivity index (χ1v) is 7.72. The van der Waals surface area contributed by atoms with Crippen LogP contribution in [-0.2, 0) is 16.0 Å². The van der Waals surface area contributed by atoms with Crippen LogP contribution in [0.3, 0.4) is 0 Å². The van der Waals surface area contributed by atoms with Crippen molar-refractivity contribution in [1.82, 2.24) is 15.4 Å². The van der Waals surface area contributed by atoms with E-state index in [-0.39, 0.29) is 31.4 Å². The van der Waals surface area contributed by atoms with Gasteiger partial charge in [-0.3, -0.25) is 14.5 Å². The lowest BCUT2D eigenvalue weighted by molar-refractivity contribution is -0.138. The van der Waals surface area contributed by atoms with Crippen LogP contribution in [0.4, 0.5) is 0 Å². The highest BCUT2D eigenvalue weighted by atomic mass is 35.5. The van der Waals surface area contributed by atoms with Crippen LogP contribution in [0.1, 0.15) is 12.2 Å². The second-order valence-corrected chi connectivity index (χ2v) is 5.56. The number of carboxylic acid groups (broad SMARTS) is 1. The van der Waals surface area contributed by atoms with Gasteiger partial charge >= 0.3 is 5.97 Å². The monoisotopic (exact) mass is 367 g/mol. The van der Waals surface area contributed by atoms with E-state index in [1.807, 2.05) is 48.3 Å². The Hall–Kier alpha value is -2.38. The van der Waals surface area contributed by atoms with Crippen molar-refractivity contribution in [2.24, 2.45) is 0 Å². The molecule has 0 atom stereocenters. The van der Waals surface area contributed by atoms with Gasteiger partial charge < -0.3 is 14.9 Å². The summed E-state index contributed by atoms with van der Waals surface area (Å²) >= 11 is 0. The summed E-state index contributed by atoms with van der Waals surface area (Å²) in [7, 11) is 1.82. The number of carboxylic acids is 1. The summed E-state index contributed by atoms with van der Waals surface area (Å²) in [5.41, 5.74) is 1.83. The highest BCUT2D eigenvalue weighted by molar-refractivity contribution is 5.85. The molecule has 1 aromatic carbocycles. The molecule has 1 amide bonds. The molecule has 8 heteroatoms. The van der Waals surface area contributed by atoms with Crippen LogP contribution in [0.15, 0.2) is 40.9 Å². The molecule has 2 N–H and O–H groups in total. The van der Waals surface area contributed by atoms with E-state index in [0.717, 1.165) is 29.9 Å². The topological polar surface area (TPSA) is 95.7 Å². The lowest BCUT2D eigenvalue weighted by Crippen LogP contribution is -2.38. The zero-order chi connectivity index (χ0) is 17.4. The number of aromatic nitrogens is 1. The fraction of sp³-hybridized carbons (Fsp3) is 0.353. The summed E-state index contributed by atoms with van der Waals surface area (Å²) in [4.78, 5) is 23.7. The molecule has 2 aromatic rings. The predicted molar refractivity (Wildman–Crippen MR) is 95.7 cm³/mol. The van der Waals surface area contributed by atoms with Crippen molar-refractivity contribution in [2.75, 3.05) is 26.7 Å². The number of rotatable bonds is 9. The first-order chi connectivity index (χ1) is 11.5. The maximum Gasteiger partial charge on any atom is 0.322 e.